The van der Waals surface area contributed by atoms with E-state index < -0.39 is 24.1 Å². The number of carbonyl (C=O) groups is 1. The molecule has 0 atom stereocenters. The van der Waals surface area contributed by atoms with Crippen LogP contribution in [0.25, 0.3) is 0 Å². The second-order valence-electron chi connectivity index (χ2n) is 5.00. The molecule has 0 saturated carbocycles. The number of hydrogen-bond donors (Lipinski definition) is 1. The maximum atomic E-state index is 11.8. The number of piperidine rings is 1. The first kappa shape index (κ1) is 8.39. The molecule has 0 aliphatic carbocycles. The predicted octanol–water partition coefficient (Wildman–Crippen LogP) is 1.77. The van der Waals surface area contributed by atoms with Crippen molar-refractivity contribution >= 4 is 6.09 Å². The number of likely N-dealkylation sites (tertiary alicyclic amines) is 1. The first-order valence-electron chi connectivity index (χ1n) is 6.65. The third kappa shape index (κ3) is 4.08. The summed E-state index contributed by atoms with van der Waals surface area (Å²) in [6, 6.07) is 0. The summed E-state index contributed by atoms with van der Waals surface area (Å²) in [4.78, 5) is 13.2. The number of amides is 1. The smallest absolute Gasteiger partial charge is 0.410 e. The molecule has 0 aromatic heterocycles. The Morgan fingerprint density at radius 1 is 1.47 bits per heavy atom. The third-order valence-electron chi connectivity index (χ3n) is 2.24. The number of carbonyl (C=O) groups excluding carboxylic acids is 1. The van der Waals surface area contributed by atoms with Crippen molar-refractivity contribution in [3.05, 3.63) is 0 Å². The lowest BCUT2D eigenvalue weighted by Crippen LogP contribution is -2.46. The van der Waals surface area contributed by atoms with Gasteiger partial charge in [0.05, 0.1) is 5.60 Å². The SMILES string of the molecule is [2H]C([2H])([2H])C1(O)CCN(C(=O)OC(C)(C)C)CC1. The van der Waals surface area contributed by atoms with Crippen LogP contribution in [0.3, 0.4) is 0 Å². The molecule has 1 aliphatic rings. The van der Waals surface area contributed by atoms with Gasteiger partial charge in [-0.2, -0.15) is 0 Å². The van der Waals surface area contributed by atoms with Gasteiger partial charge in [0.2, 0.25) is 0 Å². The van der Waals surface area contributed by atoms with Crippen molar-refractivity contribution in [2.75, 3.05) is 13.1 Å². The Labute approximate surface area is 95.4 Å². The van der Waals surface area contributed by atoms with E-state index in [0.717, 1.165) is 0 Å². The lowest BCUT2D eigenvalue weighted by Gasteiger charge is -2.36. The highest BCUT2D eigenvalue weighted by Crippen LogP contribution is 2.22. The molecule has 1 aliphatic heterocycles. The van der Waals surface area contributed by atoms with Gasteiger partial charge in [-0.05, 0) is 40.5 Å². The van der Waals surface area contributed by atoms with Gasteiger partial charge >= 0.3 is 6.09 Å². The highest BCUT2D eigenvalue weighted by atomic mass is 16.6. The maximum Gasteiger partial charge on any atom is 0.410 e. The topological polar surface area (TPSA) is 49.8 Å². The van der Waals surface area contributed by atoms with Gasteiger partial charge in [-0.15, -0.1) is 0 Å². The average molecular weight is 218 g/mol. The fourth-order valence-electron chi connectivity index (χ4n) is 1.39. The summed E-state index contributed by atoms with van der Waals surface area (Å²) >= 11 is 0. The predicted molar refractivity (Wildman–Crippen MR) is 57.7 cm³/mol. The third-order valence-corrected chi connectivity index (χ3v) is 2.24. The van der Waals surface area contributed by atoms with Crippen molar-refractivity contribution in [2.24, 2.45) is 0 Å². The van der Waals surface area contributed by atoms with Gasteiger partial charge in [0, 0.05) is 17.2 Å². The van der Waals surface area contributed by atoms with Crippen molar-refractivity contribution in [3.8, 4) is 0 Å². The summed E-state index contributed by atoms with van der Waals surface area (Å²) in [5, 5.41) is 10.00. The zero-order valence-electron chi connectivity index (χ0n) is 12.5. The number of nitrogens with zero attached hydrogens (tertiary/aromatic N) is 1. The standard InChI is InChI=1S/C11H21NO3/c1-10(2,3)15-9(13)12-7-5-11(4,14)6-8-12/h14H,5-8H2,1-4H3/i4D3. The van der Waals surface area contributed by atoms with Gasteiger partial charge in [0.1, 0.15) is 5.60 Å². The molecular weight excluding hydrogens is 194 g/mol. The fraction of sp³-hybridized carbons (Fsp3) is 0.909. The zero-order valence-corrected chi connectivity index (χ0v) is 9.54. The van der Waals surface area contributed by atoms with Gasteiger partial charge in [-0.3, -0.25) is 0 Å². The van der Waals surface area contributed by atoms with Crippen molar-refractivity contribution in [3.63, 3.8) is 0 Å². The molecule has 1 N–H and O–H groups in total. The normalized spacial score (nSPS) is 25.1. The molecule has 0 spiro atoms. The molecule has 1 rings (SSSR count). The molecule has 88 valence electrons. The van der Waals surface area contributed by atoms with Crippen LogP contribution >= 0.6 is 0 Å². The molecule has 0 bridgehead atoms. The minimum atomic E-state index is -2.41. The first-order valence-corrected chi connectivity index (χ1v) is 5.15. The van der Waals surface area contributed by atoms with Crippen LogP contribution in [0.5, 0.6) is 0 Å². The Kier molecular flexibility index (Phi) is 2.24. The van der Waals surface area contributed by atoms with Gasteiger partial charge in [-0.1, -0.05) is 0 Å². The molecule has 1 fully saturated rings. The molecule has 0 unspecified atom stereocenters. The van der Waals surface area contributed by atoms with Crippen molar-refractivity contribution in [1.29, 1.82) is 0 Å². The summed E-state index contributed by atoms with van der Waals surface area (Å²) in [6.07, 6.45) is -0.374. The van der Waals surface area contributed by atoms with Crippen molar-refractivity contribution < 1.29 is 18.8 Å². The average Bonchev–Trinajstić information content (AvgIpc) is 2.14. The van der Waals surface area contributed by atoms with Crippen LogP contribution in [-0.2, 0) is 4.74 Å². The van der Waals surface area contributed by atoms with Crippen LogP contribution in [0.15, 0.2) is 0 Å². The van der Waals surface area contributed by atoms with Crippen LogP contribution in [0.1, 0.15) is 44.6 Å². The summed E-state index contributed by atoms with van der Waals surface area (Å²) in [6.45, 7) is 3.30. The second-order valence-corrected chi connectivity index (χ2v) is 5.00. The van der Waals surface area contributed by atoms with E-state index in [-0.39, 0.29) is 25.9 Å². The van der Waals surface area contributed by atoms with Gasteiger partial charge in [0.25, 0.3) is 0 Å². The van der Waals surface area contributed by atoms with Gasteiger partial charge in [0.15, 0.2) is 0 Å². The summed E-state index contributed by atoms with van der Waals surface area (Å²) in [5.41, 5.74) is -2.26. The van der Waals surface area contributed by atoms with Crippen LogP contribution in [-0.4, -0.2) is 40.4 Å². The number of aliphatic hydroxyl groups is 1. The summed E-state index contributed by atoms with van der Waals surface area (Å²) < 4.78 is 27.1. The molecule has 0 radical (unpaired) electrons. The Hall–Kier alpha value is -0.770. The second kappa shape index (κ2) is 4.00. The van der Waals surface area contributed by atoms with Crippen LogP contribution in [0.2, 0.25) is 0 Å². The molecule has 4 heteroatoms. The Bertz CT molecular complexity index is 314. The van der Waals surface area contributed by atoms with E-state index in [4.69, 9.17) is 8.85 Å². The lowest BCUT2D eigenvalue weighted by atomic mass is 9.94. The summed E-state index contributed by atoms with van der Waals surface area (Å²) in [5.74, 6) is 0. The van der Waals surface area contributed by atoms with Gasteiger partial charge in [-0.25, -0.2) is 4.79 Å². The zero-order chi connectivity index (χ0) is 14.2. The number of rotatable bonds is 0. The molecular formula is C11H21NO3. The molecule has 15 heavy (non-hydrogen) atoms. The fourth-order valence-corrected chi connectivity index (χ4v) is 1.39. The summed E-state index contributed by atoms with van der Waals surface area (Å²) in [7, 11) is 0. The monoisotopic (exact) mass is 218 g/mol. The van der Waals surface area contributed by atoms with E-state index in [0.29, 0.717) is 0 Å². The number of hydrogen-bond acceptors (Lipinski definition) is 3. The quantitative estimate of drug-likeness (QED) is 0.674. The minimum Gasteiger partial charge on any atom is -0.444 e. The van der Waals surface area contributed by atoms with Crippen molar-refractivity contribution in [1.82, 2.24) is 4.90 Å². The van der Waals surface area contributed by atoms with E-state index >= 15 is 0 Å². The Morgan fingerprint density at radius 2 is 2.00 bits per heavy atom. The largest absolute Gasteiger partial charge is 0.444 e. The molecule has 0 aromatic carbocycles. The maximum absolute atomic E-state index is 11.8. The van der Waals surface area contributed by atoms with E-state index in [2.05, 4.69) is 0 Å². The van der Waals surface area contributed by atoms with Crippen LogP contribution < -0.4 is 0 Å². The number of ether oxygens (including phenoxy) is 1. The molecule has 4 nitrogen and oxygen atoms in total. The molecule has 1 saturated heterocycles. The molecule has 1 amide bonds. The minimum absolute atomic E-state index is 0.0444. The van der Waals surface area contributed by atoms with Crippen LogP contribution in [0, 0.1) is 0 Å². The highest BCUT2D eigenvalue weighted by Gasteiger charge is 2.31. The van der Waals surface area contributed by atoms with E-state index in [1.54, 1.807) is 20.8 Å². The highest BCUT2D eigenvalue weighted by molar-refractivity contribution is 5.68. The Balaban J connectivity index is 2.57. The van der Waals surface area contributed by atoms with E-state index in [1.807, 2.05) is 0 Å². The van der Waals surface area contributed by atoms with E-state index in [1.165, 1.54) is 4.90 Å². The van der Waals surface area contributed by atoms with E-state index in [9.17, 15) is 9.90 Å². The molecule has 1 heterocycles. The molecule has 0 aromatic rings. The first-order chi connectivity index (χ1) is 7.95. The van der Waals surface area contributed by atoms with Gasteiger partial charge < -0.3 is 14.7 Å². The lowest BCUT2D eigenvalue weighted by molar-refractivity contribution is -0.0214. The van der Waals surface area contributed by atoms with Crippen molar-refractivity contribution in [2.45, 2.75) is 51.7 Å². The van der Waals surface area contributed by atoms with Crippen LogP contribution in [0.4, 0.5) is 4.79 Å². The Morgan fingerprint density at radius 3 is 2.40 bits per heavy atom.